The Kier molecular flexibility index (Phi) is 5.82. The summed E-state index contributed by atoms with van der Waals surface area (Å²) in [5.41, 5.74) is 3.63. The molecule has 4 aromatic rings. The van der Waals surface area contributed by atoms with Crippen molar-refractivity contribution in [1.29, 1.82) is 0 Å². The van der Waals surface area contributed by atoms with Crippen LogP contribution in [0.1, 0.15) is 35.2 Å². The highest BCUT2D eigenvalue weighted by Crippen LogP contribution is 2.44. The lowest BCUT2D eigenvalue weighted by Gasteiger charge is -2.23. The van der Waals surface area contributed by atoms with Crippen LogP contribution in [0.25, 0.3) is 16.0 Å². The zero-order chi connectivity index (χ0) is 24.7. The maximum atomic E-state index is 13.4. The van der Waals surface area contributed by atoms with Gasteiger partial charge in [0, 0.05) is 18.0 Å². The Bertz CT molecular complexity index is 1490. The first-order valence-electron chi connectivity index (χ1n) is 11.2. The SMILES string of the molecule is CCOc1ccc2nc(N3C(=O)C(=O)C(=C(O)c4cc(C)ccc4C)C3c3ccncc3)sc2c1. The van der Waals surface area contributed by atoms with Crippen LogP contribution in [0, 0.1) is 13.8 Å². The molecule has 8 heteroatoms. The fourth-order valence-electron chi connectivity index (χ4n) is 4.28. The Labute approximate surface area is 206 Å². The van der Waals surface area contributed by atoms with Crippen LogP contribution in [0.2, 0.25) is 0 Å². The minimum absolute atomic E-state index is 0.0316. The number of Topliss-reactive ketones (excluding diaryl/α,β-unsaturated/α-hetero) is 1. The van der Waals surface area contributed by atoms with E-state index in [0.29, 0.717) is 34.1 Å². The summed E-state index contributed by atoms with van der Waals surface area (Å²) in [6.07, 6.45) is 3.19. The predicted octanol–water partition coefficient (Wildman–Crippen LogP) is 5.33. The van der Waals surface area contributed by atoms with Crippen molar-refractivity contribution in [2.45, 2.75) is 26.8 Å². The van der Waals surface area contributed by atoms with E-state index in [1.165, 1.54) is 16.2 Å². The number of anilines is 1. The first-order chi connectivity index (χ1) is 16.9. The molecule has 1 aliphatic rings. The lowest BCUT2D eigenvalue weighted by Crippen LogP contribution is -2.29. The summed E-state index contributed by atoms with van der Waals surface area (Å²) in [4.78, 5) is 36.9. The molecule has 1 fully saturated rings. The van der Waals surface area contributed by atoms with Crippen LogP contribution in [0.5, 0.6) is 5.75 Å². The fourth-order valence-corrected chi connectivity index (χ4v) is 5.30. The van der Waals surface area contributed by atoms with E-state index in [4.69, 9.17) is 4.74 Å². The maximum absolute atomic E-state index is 13.4. The number of carbonyl (C=O) groups is 2. The highest BCUT2D eigenvalue weighted by atomic mass is 32.1. The summed E-state index contributed by atoms with van der Waals surface area (Å²) in [5, 5.41) is 11.7. The largest absolute Gasteiger partial charge is 0.507 e. The second-order valence-corrected chi connectivity index (χ2v) is 9.34. The minimum atomic E-state index is -0.843. The first-order valence-corrected chi connectivity index (χ1v) is 12.0. The molecule has 0 saturated carbocycles. The Morgan fingerprint density at radius 3 is 2.60 bits per heavy atom. The number of pyridine rings is 1. The molecule has 0 bridgehead atoms. The number of thiazole rings is 1. The summed E-state index contributed by atoms with van der Waals surface area (Å²) < 4.78 is 6.42. The average molecular weight is 486 g/mol. The van der Waals surface area contributed by atoms with Gasteiger partial charge in [-0.1, -0.05) is 29.0 Å². The molecule has 5 rings (SSSR count). The summed E-state index contributed by atoms with van der Waals surface area (Å²) in [7, 11) is 0. The average Bonchev–Trinajstić information content (AvgIpc) is 3.39. The molecule has 1 N–H and O–H groups in total. The zero-order valence-corrected chi connectivity index (χ0v) is 20.3. The second-order valence-electron chi connectivity index (χ2n) is 8.33. The van der Waals surface area contributed by atoms with Crippen LogP contribution in [0.15, 0.2) is 66.5 Å². The Morgan fingerprint density at radius 1 is 1.09 bits per heavy atom. The van der Waals surface area contributed by atoms with Crippen molar-refractivity contribution in [1.82, 2.24) is 9.97 Å². The minimum Gasteiger partial charge on any atom is -0.507 e. The van der Waals surface area contributed by atoms with E-state index >= 15 is 0 Å². The van der Waals surface area contributed by atoms with Crippen molar-refractivity contribution < 1.29 is 19.4 Å². The molecule has 176 valence electrons. The molecule has 1 atom stereocenters. The molecule has 0 radical (unpaired) electrons. The molecule has 0 spiro atoms. The van der Waals surface area contributed by atoms with Crippen molar-refractivity contribution in [2.24, 2.45) is 0 Å². The van der Waals surface area contributed by atoms with Gasteiger partial charge < -0.3 is 9.84 Å². The van der Waals surface area contributed by atoms with E-state index in [0.717, 1.165) is 15.8 Å². The van der Waals surface area contributed by atoms with Gasteiger partial charge in [-0.05, 0) is 68.3 Å². The van der Waals surface area contributed by atoms with Gasteiger partial charge in [0.2, 0.25) is 0 Å². The molecule has 1 amide bonds. The second kappa shape index (κ2) is 8.96. The number of aromatic nitrogens is 2. The molecular weight excluding hydrogens is 462 g/mol. The molecule has 35 heavy (non-hydrogen) atoms. The van der Waals surface area contributed by atoms with E-state index < -0.39 is 17.7 Å². The Hall–Kier alpha value is -4.04. The van der Waals surface area contributed by atoms with Gasteiger partial charge >= 0.3 is 5.91 Å². The zero-order valence-electron chi connectivity index (χ0n) is 19.5. The van der Waals surface area contributed by atoms with Gasteiger partial charge in [-0.3, -0.25) is 19.5 Å². The number of hydrogen-bond acceptors (Lipinski definition) is 7. The third kappa shape index (κ3) is 3.95. The van der Waals surface area contributed by atoms with E-state index in [9.17, 15) is 14.7 Å². The number of amides is 1. The third-order valence-corrected chi connectivity index (χ3v) is 7.00. The molecule has 1 saturated heterocycles. The fraction of sp³-hybridized carbons (Fsp3) is 0.185. The van der Waals surface area contributed by atoms with Gasteiger partial charge in [0.1, 0.15) is 11.5 Å². The normalized spacial score (nSPS) is 17.3. The number of rotatable bonds is 5. The number of aliphatic hydroxyl groups is 1. The van der Waals surface area contributed by atoms with E-state index in [1.54, 1.807) is 24.5 Å². The summed E-state index contributed by atoms with van der Waals surface area (Å²) in [6, 6.07) is 13.8. The first kappa shape index (κ1) is 22.7. The predicted molar refractivity (Wildman–Crippen MR) is 136 cm³/mol. The van der Waals surface area contributed by atoms with Gasteiger partial charge in [-0.2, -0.15) is 0 Å². The molecule has 0 aliphatic carbocycles. The van der Waals surface area contributed by atoms with E-state index in [-0.39, 0.29) is 11.3 Å². The molecule has 7 nitrogen and oxygen atoms in total. The molecule has 3 heterocycles. The van der Waals surface area contributed by atoms with Crippen LogP contribution < -0.4 is 9.64 Å². The third-order valence-electron chi connectivity index (χ3n) is 5.98. The lowest BCUT2D eigenvalue weighted by molar-refractivity contribution is -0.132. The van der Waals surface area contributed by atoms with Gasteiger partial charge in [0.25, 0.3) is 5.78 Å². The van der Waals surface area contributed by atoms with Crippen molar-refractivity contribution in [2.75, 3.05) is 11.5 Å². The summed E-state index contributed by atoms with van der Waals surface area (Å²) >= 11 is 1.30. The van der Waals surface area contributed by atoms with Crippen molar-refractivity contribution >= 4 is 44.1 Å². The van der Waals surface area contributed by atoms with Crippen molar-refractivity contribution in [3.8, 4) is 5.75 Å². The smallest absolute Gasteiger partial charge is 0.301 e. The van der Waals surface area contributed by atoms with Crippen LogP contribution in [0.4, 0.5) is 5.13 Å². The monoisotopic (exact) mass is 485 g/mol. The molecular formula is C27H23N3O4S. The Balaban J connectivity index is 1.71. The lowest BCUT2D eigenvalue weighted by atomic mass is 9.94. The van der Waals surface area contributed by atoms with Gasteiger partial charge in [-0.15, -0.1) is 0 Å². The topological polar surface area (TPSA) is 92.6 Å². The number of fused-ring (bicyclic) bond motifs is 1. The van der Waals surface area contributed by atoms with Crippen LogP contribution in [-0.4, -0.2) is 33.4 Å². The summed E-state index contributed by atoms with van der Waals surface area (Å²) in [6.45, 7) is 6.21. The number of ether oxygens (including phenoxy) is 1. The van der Waals surface area contributed by atoms with Crippen LogP contribution in [-0.2, 0) is 9.59 Å². The van der Waals surface area contributed by atoms with Gasteiger partial charge in [0.05, 0.1) is 28.4 Å². The van der Waals surface area contributed by atoms with Gasteiger partial charge in [-0.25, -0.2) is 4.98 Å². The molecule has 1 unspecified atom stereocenters. The number of hydrogen-bond donors (Lipinski definition) is 1. The van der Waals surface area contributed by atoms with Crippen LogP contribution in [0.3, 0.4) is 0 Å². The van der Waals surface area contributed by atoms with E-state index in [2.05, 4.69) is 9.97 Å². The quantitative estimate of drug-likeness (QED) is 0.233. The van der Waals surface area contributed by atoms with Crippen molar-refractivity contribution in [3.63, 3.8) is 0 Å². The molecule has 2 aromatic heterocycles. The standard InChI is InChI=1S/C27H23N3O4S/c1-4-34-18-7-8-20-21(14-18)35-27(29-20)30-23(17-9-11-28-12-10-17)22(25(32)26(30)33)24(31)19-13-15(2)5-6-16(19)3/h5-14,23,31H,4H2,1-3H3. The number of benzene rings is 2. The number of ketones is 1. The number of nitrogens with zero attached hydrogens (tertiary/aromatic N) is 3. The highest BCUT2D eigenvalue weighted by molar-refractivity contribution is 7.22. The number of aliphatic hydroxyl groups excluding tert-OH is 1. The molecule has 1 aliphatic heterocycles. The Morgan fingerprint density at radius 2 is 1.86 bits per heavy atom. The van der Waals surface area contributed by atoms with Crippen molar-refractivity contribution in [3.05, 3.63) is 88.8 Å². The number of aryl methyl sites for hydroxylation is 2. The number of carbonyl (C=O) groups excluding carboxylic acids is 2. The van der Waals surface area contributed by atoms with Crippen LogP contribution >= 0.6 is 11.3 Å². The van der Waals surface area contributed by atoms with Gasteiger partial charge in [0.15, 0.2) is 5.13 Å². The highest BCUT2D eigenvalue weighted by Gasteiger charge is 2.48. The van der Waals surface area contributed by atoms with E-state index in [1.807, 2.05) is 57.2 Å². The maximum Gasteiger partial charge on any atom is 0.301 e. The molecule has 2 aromatic carbocycles. The summed E-state index contributed by atoms with van der Waals surface area (Å²) in [5.74, 6) is -0.978.